The van der Waals surface area contributed by atoms with Crippen LogP contribution in [0.5, 0.6) is 0 Å². The Bertz CT molecular complexity index is 708. The lowest BCUT2D eigenvalue weighted by atomic mass is 10.2. The Labute approximate surface area is 153 Å². The molecule has 25 heavy (non-hydrogen) atoms. The van der Waals surface area contributed by atoms with Crippen molar-refractivity contribution in [2.24, 2.45) is 5.10 Å². The first-order chi connectivity index (χ1) is 11.7. The Morgan fingerprint density at radius 3 is 1.68 bits per heavy atom. The lowest BCUT2D eigenvalue weighted by molar-refractivity contribution is -0.524. The Balaban J connectivity index is 0.000000550. The molecule has 0 saturated heterocycles. The summed E-state index contributed by atoms with van der Waals surface area (Å²) in [5.74, 6) is 0. The van der Waals surface area contributed by atoms with E-state index in [2.05, 4.69) is 5.10 Å². The highest BCUT2D eigenvalue weighted by Gasteiger charge is 2.20. The highest BCUT2D eigenvalue weighted by Crippen LogP contribution is 2.09. The summed E-state index contributed by atoms with van der Waals surface area (Å²) in [6, 6.07) is 15.2. The number of nitrogens with zero attached hydrogens (tertiary/aromatic N) is 2. The van der Waals surface area contributed by atoms with Gasteiger partial charge in [-0.3, -0.25) is 0 Å². The maximum atomic E-state index is 9.75. The molecule has 2 rings (SSSR count). The minimum atomic E-state index is -6.00. The average Bonchev–Trinajstić information content (AvgIpc) is 2.53. The summed E-state index contributed by atoms with van der Waals surface area (Å²) in [6.45, 7) is 2.83. The molecule has 2 aromatic carbocycles. The minimum absolute atomic E-state index is 0.724. The molecule has 0 fully saturated rings. The minimum Gasteiger partial charge on any atom is -0.418 e. The Kier molecular flexibility index (Phi) is 8.65. The first-order valence-corrected chi connectivity index (χ1v) is 7.97. The van der Waals surface area contributed by atoms with Crippen LogP contribution >= 0.6 is 23.2 Å². The van der Waals surface area contributed by atoms with Crippen molar-refractivity contribution in [1.29, 1.82) is 0 Å². The summed E-state index contributed by atoms with van der Waals surface area (Å²) >= 11 is 11.7. The fraction of sp³-hybridized carbons (Fsp3) is 0.125. The van der Waals surface area contributed by atoms with Crippen LogP contribution in [0.3, 0.4) is 0 Å². The van der Waals surface area contributed by atoms with Crippen molar-refractivity contribution < 1.29 is 21.9 Å². The molecule has 0 spiro atoms. The fourth-order valence-corrected chi connectivity index (χ4v) is 1.87. The van der Waals surface area contributed by atoms with Crippen molar-refractivity contribution in [3.63, 3.8) is 0 Å². The fourth-order valence-electron chi connectivity index (χ4n) is 1.62. The summed E-state index contributed by atoms with van der Waals surface area (Å²) in [4.78, 5) is 0. The second kappa shape index (κ2) is 10.2. The quantitative estimate of drug-likeness (QED) is 0.206. The lowest BCUT2D eigenvalue weighted by Gasteiger charge is -1.94. The third kappa shape index (κ3) is 10.6. The standard InChI is InChI=1S/C16H15Cl2N2.BF4/c1-2-20(12-14-5-9-16(18)10-6-14)19-11-13-3-7-15(17)8-4-13;2-1(3,4)5/h3-12H,2H2,1H3;/q+1;-1/b19-11+,20-12+;. The van der Waals surface area contributed by atoms with Gasteiger partial charge in [-0.25, -0.2) is 0 Å². The highest BCUT2D eigenvalue weighted by atomic mass is 35.5. The van der Waals surface area contributed by atoms with Gasteiger partial charge in [-0.2, -0.15) is 0 Å². The number of hydrazone groups is 1. The van der Waals surface area contributed by atoms with Gasteiger partial charge in [-0.15, -0.1) is 0 Å². The molecule has 0 aliphatic heterocycles. The smallest absolute Gasteiger partial charge is 0.418 e. The van der Waals surface area contributed by atoms with Crippen molar-refractivity contribution in [3.05, 3.63) is 69.7 Å². The molecule has 0 N–H and O–H groups in total. The molecular weight excluding hydrogens is 378 g/mol. The summed E-state index contributed by atoms with van der Waals surface area (Å²) in [5.41, 5.74) is 2.07. The highest BCUT2D eigenvalue weighted by molar-refractivity contribution is 6.50. The van der Waals surface area contributed by atoms with E-state index in [4.69, 9.17) is 23.2 Å². The monoisotopic (exact) mass is 392 g/mol. The third-order valence-corrected chi connectivity index (χ3v) is 3.22. The molecule has 9 heteroatoms. The molecule has 0 aliphatic rings. The van der Waals surface area contributed by atoms with Gasteiger partial charge < -0.3 is 17.3 Å². The average molecular weight is 393 g/mol. The van der Waals surface area contributed by atoms with E-state index in [1.165, 1.54) is 0 Å². The van der Waals surface area contributed by atoms with Crippen molar-refractivity contribution in [3.8, 4) is 0 Å². The molecular formula is C16H15BCl2F4N2. The molecule has 0 heterocycles. The topological polar surface area (TPSA) is 15.4 Å². The van der Waals surface area contributed by atoms with E-state index in [0.717, 1.165) is 27.7 Å². The molecule has 134 valence electrons. The van der Waals surface area contributed by atoms with Crippen molar-refractivity contribution in [1.82, 2.24) is 0 Å². The van der Waals surface area contributed by atoms with Gasteiger partial charge in [0.1, 0.15) is 6.21 Å². The Morgan fingerprint density at radius 1 is 0.880 bits per heavy atom. The van der Waals surface area contributed by atoms with Gasteiger partial charge in [-0.05, 0) is 54.0 Å². The van der Waals surface area contributed by atoms with Crippen LogP contribution in [0, 0.1) is 0 Å². The first kappa shape index (κ1) is 21.2. The van der Waals surface area contributed by atoms with Crippen LogP contribution in [-0.4, -0.2) is 30.9 Å². The largest absolute Gasteiger partial charge is 0.673 e. The van der Waals surface area contributed by atoms with Crippen LogP contribution in [0.2, 0.25) is 10.0 Å². The van der Waals surface area contributed by atoms with Crippen molar-refractivity contribution in [2.45, 2.75) is 6.92 Å². The van der Waals surface area contributed by atoms with Crippen LogP contribution in [0.15, 0.2) is 53.6 Å². The van der Waals surface area contributed by atoms with E-state index in [1.807, 2.05) is 72.6 Å². The predicted molar refractivity (Wildman–Crippen MR) is 96.7 cm³/mol. The molecule has 2 nitrogen and oxygen atoms in total. The van der Waals surface area contributed by atoms with Gasteiger partial charge in [-0.1, -0.05) is 40.0 Å². The number of hydrogen-bond acceptors (Lipinski definition) is 1. The maximum Gasteiger partial charge on any atom is 0.673 e. The predicted octanol–water partition coefficient (Wildman–Crippen LogP) is 5.78. The van der Waals surface area contributed by atoms with Crippen LogP contribution in [0.25, 0.3) is 0 Å². The van der Waals surface area contributed by atoms with Crippen LogP contribution in [0.4, 0.5) is 17.3 Å². The molecule has 0 atom stereocenters. The van der Waals surface area contributed by atoms with E-state index in [9.17, 15) is 17.3 Å². The zero-order valence-corrected chi connectivity index (χ0v) is 14.7. The molecule has 0 aliphatic carbocycles. The SMILES string of the molecule is CC[N+](=C\c1ccc(Cl)cc1)/N=C/c1ccc(Cl)cc1.F[B-](F)(F)F. The first-order valence-electron chi connectivity index (χ1n) is 7.21. The van der Waals surface area contributed by atoms with Gasteiger partial charge in [0.05, 0.1) is 0 Å². The summed E-state index contributed by atoms with van der Waals surface area (Å²) in [5, 5.41) is 5.89. The second-order valence-electron chi connectivity index (χ2n) is 4.73. The third-order valence-electron chi connectivity index (χ3n) is 2.72. The van der Waals surface area contributed by atoms with E-state index in [1.54, 1.807) is 0 Å². The Hall–Kier alpha value is -1.86. The van der Waals surface area contributed by atoms with E-state index in [-0.39, 0.29) is 0 Å². The van der Waals surface area contributed by atoms with Gasteiger partial charge in [0.25, 0.3) is 0 Å². The van der Waals surface area contributed by atoms with Crippen molar-refractivity contribution in [2.75, 3.05) is 6.54 Å². The molecule has 0 radical (unpaired) electrons. The number of benzene rings is 2. The number of halogens is 6. The molecule has 0 unspecified atom stereocenters. The van der Waals surface area contributed by atoms with Gasteiger partial charge in [0.15, 0.2) is 6.54 Å². The van der Waals surface area contributed by atoms with E-state index >= 15 is 0 Å². The molecule has 2 aromatic rings. The van der Waals surface area contributed by atoms with Gasteiger partial charge >= 0.3 is 7.25 Å². The van der Waals surface area contributed by atoms with Gasteiger partial charge in [0.2, 0.25) is 6.21 Å². The van der Waals surface area contributed by atoms with E-state index < -0.39 is 7.25 Å². The molecule has 0 bridgehead atoms. The van der Waals surface area contributed by atoms with Crippen LogP contribution in [0.1, 0.15) is 18.1 Å². The molecule has 0 saturated carbocycles. The number of rotatable bonds is 4. The normalized spacial score (nSPS) is 12.0. The zero-order chi connectivity index (χ0) is 18.9. The van der Waals surface area contributed by atoms with Crippen LogP contribution in [-0.2, 0) is 0 Å². The molecule has 0 aromatic heterocycles. The van der Waals surface area contributed by atoms with E-state index in [0.29, 0.717) is 0 Å². The van der Waals surface area contributed by atoms with Gasteiger partial charge in [0, 0.05) is 15.6 Å². The Morgan fingerprint density at radius 2 is 1.28 bits per heavy atom. The maximum absolute atomic E-state index is 9.75. The second-order valence-corrected chi connectivity index (χ2v) is 5.60. The summed E-state index contributed by atoms with van der Waals surface area (Å²) in [7, 11) is -6.00. The molecule has 0 amide bonds. The number of hydrogen-bond donors (Lipinski definition) is 0. The van der Waals surface area contributed by atoms with Crippen LogP contribution < -0.4 is 0 Å². The summed E-state index contributed by atoms with van der Waals surface area (Å²) in [6.07, 6.45) is 3.79. The van der Waals surface area contributed by atoms with Crippen molar-refractivity contribution >= 4 is 42.9 Å². The summed E-state index contributed by atoms with van der Waals surface area (Å²) < 4.78 is 40.9. The lowest BCUT2D eigenvalue weighted by Crippen LogP contribution is -2.06. The zero-order valence-electron chi connectivity index (χ0n) is 13.2.